The number of phenols is 1. The van der Waals surface area contributed by atoms with Crippen LogP contribution in [0.3, 0.4) is 0 Å². The molecule has 0 amide bonds. The minimum atomic E-state index is -2.64. The summed E-state index contributed by atoms with van der Waals surface area (Å²) in [7, 11) is 0. The Hall–Kier alpha value is -1.18. The van der Waals surface area contributed by atoms with Crippen molar-refractivity contribution < 1.29 is 18.1 Å². The molecule has 3 atom stereocenters. The minimum absolute atomic E-state index is 0.270. The maximum absolute atomic E-state index is 10.7. The zero-order chi connectivity index (χ0) is 28.2. The summed E-state index contributed by atoms with van der Waals surface area (Å²) in [5, 5.41) is 10.7. The van der Waals surface area contributed by atoms with Crippen LogP contribution in [0.15, 0.2) is 0 Å². The predicted molar refractivity (Wildman–Crippen MR) is 134 cm³/mol. The van der Waals surface area contributed by atoms with Gasteiger partial charge >= 0.3 is 0 Å². The van der Waals surface area contributed by atoms with Gasteiger partial charge in [-0.05, 0) is 87.7 Å². The van der Waals surface area contributed by atoms with E-state index in [2.05, 4.69) is 27.7 Å². The lowest BCUT2D eigenvalue weighted by molar-refractivity contribution is 0.0512. The van der Waals surface area contributed by atoms with E-state index in [0.717, 1.165) is 31.1 Å². The lowest BCUT2D eigenvalue weighted by Gasteiger charge is -2.38. The molecule has 1 aliphatic rings. The highest BCUT2D eigenvalue weighted by Gasteiger charge is 2.34. The molecule has 178 valence electrons. The average Bonchev–Trinajstić information content (AvgIpc) is 2.72. The zero-order valence-corrected chi connectivity index (χ0v) is 20.9. The molecule has 1 heterocycles. The van der Waals surface area contributed by atoms with E-state index in [4.69, 9.17) is 13.0 Å². The second kappa shape index (κ2) is 11.6. The lowest BCUT2D eigenvalue weighted by Crippen LogP contribution is -2.37. The summed E-state index contributed by atoms with van der Waals surface area (Å²) in [5.41, 5.74) is -0.321. The predicted octanol–water partition coefficient (Wildman–Crippen LogP) is 8.84. The lowest BCUT2D eigenvalue weighted by atomic mass is 9.84. The molecule has 0 saturated heterocycles. The monoisotopic (exact) mass is 438 g/mol. The van der Waals surface area contributed by atoms with E-state index in [9.17, 15) is 5.11 Å². The van der Waals surface area contributed by atoms with Gasteiger partial charge in [-0.1, -0.05) is 72.6 Å². The number of rotatable bonds is 12. The highest BCUT2D eigenvalue weighted by atomic mass is 16.5. The van der Waals surface area contributed by atoms with Crippen molar-refractivity contribution in [3.8, 4) is 11.5 Å². The number of fused-ring (bicyclic) bond motifs is 1. The highest BCUT2D eigenvalue weighted by Crippen LogP contribution is 2.44. The first-order chi connectivity index (χ1) is 17.0. The molecule has 0 bridgehead atoms. The van der Waals surface area contributed by atoms with Crippen molar-refractivity contribution in [1.82, 2.24) is 0 Å². The fourth-order valence-electron chi connectivity index (χ4n) is 4.94. The van der Waals surface area contributed by atoms with Gasteiger partial charge in [0.25, 0.3) is 0 Å². The molecule has 1 aromatic rings. The summed E-state index contributed by atoms with van der Waals surface area (Å²) in [4.78, 5) is 0. The summed E-state index contributed by atoms with van der Waals surface area (Å²) in [5.74, 6) is 1.93. The molecular weight excluding hydrogens is 382 g/mol. The van der Waals surface area contributed by atoms with Crippen molar-refractivity contribution in [1.29, 1.82) is 0 Å². The Bertz CT molecular complexity index is 890. The van der Waals surface area contributed by atoms with Gasteiger partial charge in [0.2, 0.25) is 0 Å². The molecule has 0 radical (unpaired) electrons. The highest BCUT2D eigenvalue weighted by molar-refractivity contribution is 5.58. The molecule has 2 nitrogen and oxygen atoms in total. The Labute approximate surface area is 201 Å². The van der Waals surface area contributed by atoms with Gasteiger partial charge < -0.3 is 9.84 Å². The van der Waals surface area contributed by atoms with Crippen molar-refractivity contribution in [2.24, 2.45) is 17.8 Å². The molecule has 0 saturated carbocycles. The molecule has 31 heavy (non-hydrogen) atoms. The molecule has 0 spiro atoms. The van der Waals surface area contributed by atoms with Gasteiger partial charge in [-0.25, -0.2) is 0 Å². The smallest absolute Gasteiger partial charge is 0.127 e. The molecule has 2 heteroatoms. The van der Waals surface area contributed by atoms with Crippen LogP contribution in [0.5, 0.6) is 11.5 Å². The Kier molecular flexibility index (Phi) is 6.85. The molecule has 1 aromatic carbocycles. The van der Waals surface area contributed by atoms with Crippen molar-refractivity contribution in [3.63, 3.8) is 0 Å². The van der Waals surface area contributed by atoms with E-state index in [1.807, 2.05) is 6.92 Å². The first-order valence-corrected chi connectivity index (χ1v) is 12.5. The number of hydrogen-bond donors (Lipinski definition) is 1. The van der Waals surface area contributed by atoms with E-state index in [0.29, 0.717) is 35.6 Å². The van der Waals surface area contributed by atoms with Crippen LogP contribution in [0.4, 0.5) is 0 Å². The number of hydrogen-bond acceptors (Lipinski definition) is 2. The van der Waals surface area contributed by atoms with Crippen LogP contribution in [0.1, 0.15) is 129 Å². The van der Waals surface area contributed by atoms with Gasteiger partial charge in [-0.15, -0.1) is 0 Å². The SMILES string of the molecule is [2H][13C]([2H])([2H])c1c(C)c2c(c([13C]([2H])([2H])[2H])c1O)CC[C@](C)(CCC[C@@H](C)CCC[C@@H](C)CCCC(C)C)O2. The number of benzene rings is 1. The van der Waals surface area contributed by atoms with Crippen molar-refractivity contribution in [2.45, 2.75) is 131 Å². The first-order valence-electron chi connectivity index (χ1n) is 15.5. The number of ether oxygens (including phenoxy) is 1. The van der Waals surface area contributed by atoms with Gasteiger partial charge in [0.05, 0.1) is 0 Å². The van der Waals surface area contributed by atoms with Crippen LogP contribution in [-0.4, -0.2) is 10.7 Å². The molecule has 0 unspecified atom stereocenters. The van der Waals surface area contributed by atoms with Crippen LogP contribution in [-0.2, 0) is 6.42 Å². The largest absolute Gasteiger partial charge is 0.507 e. The summed E-state index contributed by atoms with van der Waals surface area (Å²) in [6.45, 7) is 7.67. The van der Waals surface area contributed by atoms with Gasteiger partial charge in [0, 0.05) is 13.8 Å². The molecule has 1 N–H and O–H groups in total. The Morgan fingerprint density at radius 3 is 2.06 bits per heavy atom. The Balaban J connectivity index is 1.99. The molecule has 0 aliphatic carbocycles. The van der Waals surface area contributed by atoms with Crippen molar-refractivity contribution >= 4 is 0 Å². The minimum Gasteiger partial charge on any atom is -0.507 e. The third kappa shape index (κ3) is 7.43. The molecule has 2 rings (SSSR count). The summed E-state index contributed by atoms with van der Waals surface area (Å²) < 4.78 is 53.9. The van der Waals surface area contributed by atoms with Crippen LogP contribution >= 0.6 is 0 Å². The fraction of sp³-hybridized carbons (Fsp3) is 0.793. The maximum Gasteiger partial charge on any atom is 0.127 e. The van der Waals surface area contributed by atoms with Gasteiger partial charge in [-0.2, -0.15) is 0 Å². The fourth-order valence-corrected chi connectivity index (χ4v) is 4.94. The van der Waals surface area contributed by atoms with Crippen molar-refractivity contribution in [2.75, 3.05) is 0 Å². The van der Waals surface area contributed by atoms with E-state index < -0.39 is 25.1 Å². The molecule has 0 fully saturated rings. The summed E-state index contributed by atoms with van der Waals surface area (Å²) >= 11 is 0. The van der Waals surface area contributed by atoms with E-state index in [1.54, 1.807) is 6.92 Å². The third-order valence-corrected chi connectivity index (χ3v) is 7.29. The topological polar surface area (TPSA) is 29.5 Å². The van der Waals surface area contributed by atoms with E-state index in [-0.39, 0.29) is 11.1 Å². The molecule has 0 aromatic heterocycles. The molecule has 1 aliphatic heterocycles. The Morgan fingerprint density at radius 1 is 0.903 bits per heavy atom. The summed E-state index contributed by atoms with van der Waals surface area (Å²) in [6, 6.07) is 0. The third-order valence-electron chi connectivity index (χ3n) is 7.29. The van der Waals surface area contributed by atoms with Gasteiger partial charge in [-0.3, -0.25) is 0 Å². The van der Waals surface area contributed by atoms with Crippen LogP contribution in [0.25, 0.3) is 0 Å². The van der Waals surface area contributed by atoms with Crippen LogP contribution < -0.4 is 4.74 Å². The quantitative estimate of drug-likeness (QED) is 0.330. The second-order valence-corrected chi connectivity index (χ2v) is 10.9. The zero-order valence-electron chi connectivity index (χ0n) is 26.9. The summed E-state index contributed by atoms with van der Waals surface area (Å²) in [6.07, 6.45) is 11.8. The molecular formula is C29H50O2. The van der Waals surface area contributed by atoms with Gasteiger partial charge in [0.15, 0.2) is 0 Å². The number of phenolic OH excluding ortho intramolecular Hbond substituents is 1. The average molecular weight is 439 g/mol. The first kappa shape index (κ1) is 18.3. The van der Waals surface area contributed by atoms with Crippen LogP contribution in [0, 0.1) is 38.4 Å². The van der Waals surface area contributed by atoms with Crippen LogP contribution in [0.2, 0.25) is 0 Å². The maximum atomic E-state index is 10.7. The van der Waals surface area contributed by atoms with E-state index >= 15 is 0 Å². The number of aromatic hydroxyl groups is 1. The Morgan fingerprint density at radius 2 is 1.48 bits per heavy atom. The van der Waals surface area contributed by atoms with Gasteiger partial charge in [0.1, 0.15) is 17.1 Å². The second-order valence-electron chi connectivity index (χ2n) is 10.9. The standard InChI is InChI=1S/C29H50O2/c1-20(2)12-9-13-21(3)14-10-15-22(4)16-11-18-29(8)19-17-26-25(7)27(30)23(5)24(6)28(26)31-29/h20-22,30H,9-19H2,1-8H3/t21-,22-,29-/m0/s1/i5+1D3,7+1D3. The normalized spacial score (nSPS) is 24.1. The van der Waals surface area contributed by atoms with Crippen molar-refractivity contribution in [3.05, 3.63) is 22.3 Å². The van der Waals surface area contributed by atoms with E-state index in [1.165, 1.54) is 38.5 Å².